The molecule has 2 aromatic heterocycles. The molecule has 5 nitrogen and oxygen atoms in total. The first-order valence-corrected chi connectivity index (χ1v) is 8.69. The first-order chi connectivity index (χ1) is 10.7. The van der Waals surface area contributed by atoms with E-state index in [9.17, 15) is 4.79 Å². The zero-order valence-corrected chi connectivity index (χ0v) is 13.7. The van der Waals surface area contributed by atoms with Crippen LogP contribution in [0.2, 0.25) is 0 Å². The number of carbonyl (C=O) groups is 1. The van der Waals surface area contributed by atoms with Crippen molar-refractivity contribution in [3.8, 4) is 0 Å². The maximum Gasteiger partial charge on any atom is 0.237 e. The van der Waals surface area contributed by atoms with Crippen LogP contribution in [0, 0.1) is 6.92 Å². The van der Waals surface area contributed by atoms with E-state index in [0.717, 1.165) is 38.0 Å². The van der Waals surface area contributed by atoms with Gasteiger partial charge in [0, 0.05) is 19.3 Å². The topological polar surface area (TPSA) is 50.2 Å². The molecule has 1 aliphatic rings. The summed E-state index contributed by atoms with van der Waals surface area (Å²) in [6.45, 7) is 4.84. The van der Waals surface area contributed by atoms with Gasteiger partial charge in [-0.2, -0.15) is 16.4 Å². The smallest absolute Gasteiger partial charge is 0.237 e. The van der Waals surface area contributed by atoms with Crippen LogP contribution in [0.15, 0.2) is 29.2 Å². The zero-order chi connectivity index (χ0) is 15.4. The number of carbonyl (C=O) groups excluding carboxylic acids is 1. The second-order valence-corrected chi connectivity index (χ2v) is 6.54. The summed E-state index contributed by atoms with van der Waals surface area (Å²) in [5, 5.41) is 11.7. The van der Waals surface area contributed by atoms with Crippen molar-refractivity contribution in [1.82, 2.24) is 20.0 Å². The Hall–Kier alpha value is -1.66. The molecule has 0 bridgehead atoms. The van der Waals surface area contributed by atoms with Gasteiger partial charge in [0.2, 0.25) is 5.91 Å². The maximum absolute atomic E-state index is 12.4. The number of nitrogens with zero attached hydrogens (tertiary/aromatic N) is 3. The van der Waals surface area contributed by atoms with Crippen LogP contribution in [0.1, 0.15) is 30.0 Å². The molecule has 0 radical (unpaired) electrons. The summed E-state index contributed by atoms with van der Waals surface area (Å²) in [7, 11) is 0. The quantitative estimate of drug-likeness (QED) is 0.831. The van der Waals surface area contributed by atoms with Gasteiger partial charge in [-0.15, -0.1) is 0 Å². The first-order valence-electron chi connectivity index (χ1n) is 7.75. The summed E-state index contributed by atoms with van der Waals surface area (Å²) in [5.74, 6) is 0.199. The van der Waals surface area contributed by atoms with Crippen molar-refractivity contribution in [1.29, 1.82) is 0 Å². The Labute approximate surface area is 134 Å². The van der Waals surface area contributed by atoms with Crippen LogP contribution in [0.5, 0.6) is 0 Å². The van der Waals surface area contributed by atoms with Crippen LogP contribution in [0.4, 0.5) is 0 Å². The van der Waals surface area contributed by atoms with Crippen LogP contribution in [-0.2, 0) is 11.3 Å². The molecule has 1 aliphatic heterocycles. The average Bonchev–Trinajstić information content (AvgIpc) is 3.23. The molecule has 118 valence electrons. The van der Waals surface area contributed by atoms with Gasteiger partial charge in [0.05, 0.1) is 25.3 Å². The lowest BCUT2D eigenvalue weighted by atomic mass is 10.1. The molecule has 0 unspecified atom stereocenters. The monoisotopic (exact) mass is 318 g/mol. The van der Waals surface area contributed by atoms with Crippen LogP contribution < -0.4 is 5.32 Å². The van der Waals surface area contributed by atoms with E-state index in [0.29, 0.717) is 6.54 Å². The van der Waals surface area contributed by atoms with Crippen molar-refractivity contribution in [2.75, 3.05) is 19.6 Å². The predicted octanol–water partition coefficient (Wildman–Crippen LogP) is 2.21. The highest BCUT2D eigenvalue weighted by Gasteiger charge is 2.29. The lowest BCUT2D eigenvalue weighted by molar-refractivity contribution is -0.131. The number of likely N-dealkylation sites (tertiary alicyclic amines) is 1. The fraction of sp³-hybridized carbons (Fsp3) is 0.500. The summed E-state index contributed by atoms with van der Waals surface area (Å²) in [6.07, 6.45) is 6.03. The van der Waals surface area contributed by atoms with Gasteiger partial charge in [-0.1, -0.05) is 0 Å². The van der Waals surface area contributed by atoms with Crippen molar-refractivity contribution < 1.29 is 4.79 Å². The van der Waals surface area contributed by atoms with E-state index in [2.05, 4.69) is 27.2 Å². The van der Waals surface area contributed by atoms with E-state index in [1.165, 1.54) is 5.56 Å². The number of amides is 1. The Morgan fingerprint density at radius 1 is 1.55 bits per heavy atom. The summed E-state index contributed by atoms with van der Waals surface area (Å²) in [5.41, 5.74) is 2.44. The third-order valence-electron chi connectivity index (χ3n) is 4.06. The second kappa shape index (κ2) is 7.07. The van der Waals surface area contributed by atoms with Crippen molar-refractivity contribution >= 4 is 17.2 Å². The van der Waals surface area contributed by atoms with Crippen molar-refractivity contribution in [2.24, 2.45) is 0 Å². The minimum atomic E-state index is 0.199. The van der Waals surface area contributed by atoms with Crippen LogP contribution in [0.3, 0.4) is 0 Å². The normalized spacial score (nSPS) is 18.0. The molecule has 0 spiro atoms. The first kappa shape index (κ1) is 15.2. The van der Waals surface area contributed by atoms with Crippen LogP contribution in [0.25, 0.3) is 0 Å². The molecule has 3 rings (SSSR count). The molecule has 22 heavy (non-hydrogen) atoms. The third kappa shape index (κ3) is 3.56. The maximum atomic E-state index is 12.4. The highest BCUT2D eigenvalue weighted by molar-refractivity contribution is 7.07. The van der Waals surface area contributed by atoms with E-state index >= 15 is 0 Å². The summed E-state index contributed by atoms with van der Waals surface area (Å²) in [4.78, 5) is 14.4. The molecule has 1 saturated heterocycles. The van der Waals surface area contributed by atoms with E-state index < -0.39 is 0 Å². The van der Waals surface area contributed by atoms with Gasteiger partial charge in [-0.05, 0) is 47.7 Å². The molecular weight excluding hydrogens is 296 g/mol. The Morgan fingerprint density at radius 3 is 3.18 bits per heavy atom. The molecule has 1 atom stereocenters. The standard InChI is InChI=1S/C16H22N4OS/c1-13-9-18-19(11-13)7-5-17-10-16(21)20-6-2-3-15(20)14-4-8-22-12-14/h4,8-9,11-12,15,17H,2-3,5-7,10H2,1H3/t15-/m0/s1. The third-order valence-corrected chi connectivity index (χ3v) is 4.76. The van der Waals surface area contributed by atoms with E-state index in [1.54, 1.807) is 11.3 Å². The Morgan fingerprint density at radius 2 is 2.45 bits per heavy atom. The van der Waals surface area contributed by atoms with Gasteiger partial charge >= 0.3 is 0 Å². The summed E-state index contributed by atoms with van der Waals surface area (Å²) in [6, 6.07) is 2.41. The molecular formula is C16H22N4OS. The molecule has 0 aliphatic carbocycles. The number of hydrogen-bond donors (Lipinski definition) is 1. The van der Waals surface area contributed by atoms with Gasteiger partial charge < -0.3 is 10.2 Å². The van der Waals surface area contributed by atoms with Crippen molar-refractivity contribution in [3.63, 3.8) is 0 Å². The summed E-state index contributed by atoms with van der Waals surface area (Å²) < 4.78 is 1.90. The SMILES string of the molecule is Cc1cnn(CCNCC(=O)N2CCC[C@H]2c2ccsc2)c1. The Balaban J connectivity index is 1.45. The molecule has 6 heteroatoms. The molecule has 1 fully saturated rings. The lowest BCUT2D eigenvalue weighted by Crippen LogP contribution is -2.38. The number of aromatic nitrogens is 2. The van der Waals surface area contributed by atoms with Gasteiger partial charge in [-0.3, -0.25) is 9.48 Å². The fourth-order valence-electron chi connectivity index (χ4n) is 2.96. The predicted molar refractivity (Wildman–Crippen MR) is 87.8 cm³/mol. The van der Waals surface area contributed by atoms with Crippen LogP contribution >= 0.6 is 11.3 Å². The van der Waals surface area contributed by atoms with E-state index in [4.69, 9.17) is 0 Å². The molecule has 2 aromatic rings. The second-order valence-electron chi connectivity index (χ2n) is 5.76. The molecule has 3 heterocycles. The number of hydrogen-bond acceptors (Lipinski definition) is 4. The highest BCUT2D eigenvalue weighted by Crippen LogP contribution is 2.32. The van der Waals surface area contributed by atoms with Crippen LogP contribution in [-0.4, -0.2) is 40.2 Å². The van der Waals surface area contributed by atoms with E-state index in [1.807, 2.05) is 28.9 Å². The largest absolute Gasteiger partial charge is 0.335 e. The number of aryl methyl sites for hydroxylation is 1. The molecule has 1 amide bonds. The van der Waals surface area contributed by atoms with E-state index in [-0.39, 0.29) is 11.9 Å². The average molecular weight is 318 g/mol. The Bertz CT molecular complexity index is 607. The minimum absolute atomic E-state index is 0.199. The van der Waals surface area contributed by atoms with Crippen molar-refractivity contribution in [2.45, 2.75) is 32.4 Å². The Kier molecular flexibility index (Phi) is 4.90. The lowest BCUT2D eigenvalue weighted by Gasteiger charge is -2.24. The van der Waals surface area contributed by atoms with Gasteiger partial charge in [0.1, 0.15) is 0 Å². The summed E-state index contributed by atoms with van der Waals surface area (Å²) >= 11 is 1.70. The zero-order valence-electron chi connectivity index (χ0n) is 12.9. The van der Waals surface area contributed by atoms with Gasteiger partial charge in [0.25, 0.3) is 0 Å². The molecule has 1 N–H and O–H groups in total. The van der Waals surface area contributed by atoms with Crippen molar-refractivity contribution in [3.05, 3.63) is 40.3 Å². The van der Waals surface area contributed by atoms with Gasteiger partial charge in [0.15, 0.2) is 0 Å². The number of thiophene rings is 1. The van der Waals surface area contributed by atoms with Gasteiger partial charge in [-0.25, -0.2) is 0 Å². The minimum Gasteiger partial charge on any atom is -0.335 e. The fourth-order valence-corrected chi connectivity index (χ4v) is 3.66. The molecule has 0 saturated carbocycles. The number of nitrogens with one attached hydrogen (secondary N) is 1. The highest BCUT2D eigenvalue weighted by atomic mass is 32.1. The number of rotatable bonds is 6. The molecule has 0 aromatic carbocycles.